The molecular weight excluding hydrogens is 322 g/mol. The van der Waals surface area contributed by atoms with Crippen LogP contribution in [0.4, 0.5) is 17.1 Å². The number of benzene rings is 2. The second kappa shape index (κ2) is 7.21. The van der Waals surface area contributed by atoms with Crippen LogP contribution in [-0.4, -0.2) is 29.1 Å². The van der Waals surface area contributed by atoms with E-state index in [1.807, 2.05) is 30.3 Å². The highest BCUT2D eigenvalue weighted by molar-refractivity contribution is 5.81. The average Bonchev–Trinajstić information content (AvgIpc) is 2.60. The number of nitrogens with one attached hydrogen (secondary N) is 1. The van der Waals surface area contributed by atoms with Crippen LogP contribution in [0.2, 0.25) is 0 Å². The Hall–Kier alpha value is -3.09. The van der Waals surface area contributed by atoms with E-state index in [0.29, 0.717) is 18.7 Å². The van der Waals surface area contributed by atoms with Gasteiger partial charge in [-0.3, -0.25) is 14.9 Å². The Morgan fingerprint density at radius 2 is 2.00 bits per heavy atom. The van der Waals surface area contributed by atoms with E-state index < -0.39 is 10.9 Å². The van der Waals surface area contributed by atoms with E-state index in [4.69, 9.17) is 0 Å². The molecule has 0 unspecified atom stereocenters. The lowest BCUT2D eigenvalue weighted by Crippen LogP contribution is -2.31. The summed E-state index contributed by atoms with van der Waals surface area (Å²) >= 11 is 0. The molecule has 2 N–H and O–H groups in total. The Bertz CT molecular complexity index is 792. The standard InChI is InChI=1S/C18H19N3O4/c22-17(23)12-20(11-13-5-2-1-3-6-13)18-14-7-4-10-19-15(14)8-9-16(18)21(24)25/h1-3,5-6,8-9,19H,4,7,10-12H2,(H,22,23). The highest BCUT2D eigenvalue weighted by Crippen LogP contribution is 2.39. The Morgan fingerprint density at radius 3 is 2.68 bits per heavy atom. The van der Waals surface area contributed by atoms with Gasteiger partial charge >= 0.3 is 5.97 Å². The lowest BCUT2D eigenvalue weighted by molar-refractivity contribution is -0.384. The van der Waals surface area contributed by atoms with Crippen LogP contribution in [0.3, 0.4) is 0 Å². The molecule has 2 aromatic carbocycles. The zero-order valence-corrected chi connectivity index (χ0v) is 13.6. The third-order valence-corrected chi connectivity index (χ3v) is 4.24. The SMILES string of the molecule is O=C(O)CN(Cc1ccccc1)c1c([N+](=O)[O-])ccc2c1CCCN2. The summed E-state index contributed by atoms with van der Waals surface area (Å²) < 4.78 is 0. The summed E-state index contributed by atoms with van der Waals surface area (Å²) in [6, 6.07) is 12.5. The fourth-order valence-electron chi connectivity index (χ4n) is 3.21. The highest BCUT2D eigenvalue weighted by Gasteiger charge is 2.28. The minimum atomic E-state index is -1.02. The summed E-state index contributed by atoms with van der Waals surface area (Å²) in [5.41, 5.74) is 2.91. The van der Waals surface area contributed by atoms with Gasteiger partial charge in [0.05, 0.1) is 4.92 Å². The van der Waals surface area contributed by atoms with Crippen LogP contribution in [0.5, 0.6) is 0 Å². The maximum atomic E-state index is 11.6. The van der Waals surface area contributed by atoms with Crippen molar-refractivity contribution in [2.24, 2.45) is 0 Å². The second-order valence-electron chi connectivity index (χ2n) is 5.98. The minimum absolute atomic E-state index is 0.0559. The molecule has 0 fully saturated rings. The van der Waals surface area contributed by atoms with Crippen molar-refractivity contribution in [3.05, 3.63) is 63.7 Å². The van der Waals surface area contributed by atoms with Crippen molar-refractivity contribution in [3.8, 4) is 0 Å². The van der Waals surface area contributed by atoms with Gasteiger partial charge in [0.1, 0.15) is 12.2 Å². The van der Waals surface area contributed by atoms with E-state index in [-0.39, 0.29) is 12.2 Å². The lowest BCUT2D eigenvalue weighted by Gasteiger charge is -2.28. The molecule has 130 valence electrons. The van der Waals surface area contributed by atoms with Crippen molar-refractivity contribution in [1.82, 2.24) is 0 Å². The first-order valence-electron chi connectivity index (χ1n) is 8.11. The molecule has 0 aliphatic carbocycles. The van der Waals surface area contributed by atoms with Gasteiger partial charge in [-0.05, 0) is 24.5 Å². The molecule has 1 aliphatic rings. The number of aliphatic carboxylic acids is 1. The summed E-state index contributed by atoms with van der Waals surface area (Å²) in [6.45, 7) is 0.804. The Balaban J connectivity index is 2.10. The smallest absolute Gasteiger partial charge is 0.323 e. The van der Waals surface area contributed by atoms with E-state index in [2.05, 4.69) is 5.32 Å². The molecule has 2 aromatic rings. The van der Waals surface area contributed by atoms with E-state index in [1.165, 1.54) is 6.07 Å². The van der Waals surface area contributed by atoms with Gasteiger partial charge in [0.25, 0.3) is 5.69 Å². The van der Waals surface area contributed by atoms with E-state index in [0.717, 1.165) is 29.8 Å². The molecule has 0 saturated heterocycles. The monoisotopic (exact) mass is 341 g/mol. The van der Waals surface area contributed by atoms with Crippen molar-refractivity contribution in [2.75, 3.05) is 23.3 Å². The Kier molecular flexibility index (Phi) is 4.83. The number of nitrogens with zero attached hydrogens (tertiary/aromatic N) is 2. The normalized spacial score (nSPS) is 12.8. The van der Waals surface area contributed by atoms with Crippen molar-refractivity contribution in [3.63, 3.8) is 0 Å². The van der Waals surface area contributed by atoms with Crippen LogP contribution >= 0.6 is 0 Å². The molecular formula is C18H19N3O4. The first-order valence-corrected chi connectivity index (χ1v) is 8.11. The summed E-state index contributed by atoms with van der Waals surface area (Å²) in [7, 11) is 0. The van der Waals surface area contributed by atoms with Gasteiger partial charge in [-0.1, -0.05) is 30.3 Å². The fraction of sp³-hybridized carbons (Fsp3) is 0.278. The lowest BCUT2D eigenvalue weighted by atomic mass is 9.98. The van der Waals surface area contributed by atoms with Gasteiger partial charge in [-0.2, -0.15) is 0 Å². The highest BCUT2D eigenvalue weighted by atomic mass is 16.6. The number of carboxylic acids is 1. The average molecular weight is 341 g/mol. The number of fused-ring (bicyclic) bond motifs is 1. The first-order chi connectivity index (χ1) is 12.1. The largest absolute Gasteiger partial charge is 0.480 e. The fourth-order valence-corrected chi connectivity index (χ4v) is 3.21. The predicted octanol–water partition coefficient (Wildman–Crippen LogP) is 3.04. The molecule has 0 atom stereocenters. The topological polar surface area (TPSA) is 95.7 Å². The molecule has 0 amide bonds. The quantitative estimate of drug-likeness (QED) is 0.619. The first kappa shape index (κ1) is 16.8. The number of rotatable bonds is 6. The minimum Gasteiger partial charge on any atom is -0.480 e. The van der Waals surface area contributed by atoms with Crippen molar-refractivity contribution >= 4 is 23.0 Å². The molecule has 0 spiro atoms. The Labute approximate surface area is 145 Å². The molecule has 7 nitrogen and oxygen atoms in total. The molecule has 3 rings (SSSR count). The van der Waals surface area contributed by atoms with Crippen molar-refractivity contribution in [2.45, 2.75) is 19.4 Å². The van der Waals surface area contributed by atoms with Crippen LogP contribution in [0.15, 0.2) is 42.5 Å². The molecule has 0 aromatic heterocycles. The predicted molar refractivity (Wildman–Crippen MR) is 95.0 cm³/mol. The van der Waals surface area contributed by atoms with Gasteiger partial charge < -0.3 is 15.3 Å². The molecule has 0 radical (unpaired) electrons. The zero-order chi connectivity index (χ0) is 17.8. The van der Waals surface area contributed by atoms with Crippen LogP contribution in [-0.2, 0) is 17.8 Å². The third-order valence-electron chi connectivity index (χ3n) is 4.24. The van der Waals surface area contributed by atoms with Gasteiger partial charge in [-0.25, -0.2) is 0 Å². The third kappa shape index (κ3) is 3.71. The summed E-state index contributed by atoms with van der Waals surface area (Å²) in [4.78, 5) is 24.1. The van der Waals surface area contributed by atoms with E-state index in [9.17, 15) is 20.0 Å². The summed E-state index contributed by atoms with van der Waals surface area (Å²) in [5.74, 6) is -1.02. The van der Waals surface area contributed by atoms with Crippen LogP contribution < -0.4 is 10.2 Å². The maximum Gasteiger partial charge on any atom is 0.323 e. The number of nitro groups is 1. The summed E-state index contributed by atoms with van der Waals surface area (Å²) in [5, 5.41) is 24.1. The second-order valence-corrected chi connectivity index (χ2v) is 5.98. The summed E-state index contributed by atoms with van der Waals surface area (Å²) in [6.07, 6.45) is 1.54. The van der Waals surface area contributed by atoms with Crippen molar-refractivity contribution < 1.29 is 14.8 Å². The van der Waals surface area contributed by atoms with Crippen LogP contribution in [0, 0.1) is 10.1 Å². The van der Waals surface area contributed by atoms with E-state index in [1.54, 1.807) is 11.0 Å². The van der Waals surface area contributed by atoms with Gasteiger partial charge in [0, 0.05) is 30.4 Å². The van der Waals surface area contributed by atoms with Gasteiger partial charge in [0.2, 0.25) is 0 Å². The maximum absolute atomic E-state index is 11.6. The molecule has 0 bridgehead atoms. The van der Waals surface area contributed by atoms with Crippen LogP contribution in [0.25, 0.3) is 0 Å². The number of carboxylic acid groups (broad SMARTS) is 1. The zero-order valence-electron chi connectivity index (χ0n) is 13.6. The molecule has 7 heteroatoms. The number of hydrogen-bond donors (Lipinski definition) is 2. The molecule has 0 saturated carbocycles. The van der Waals surface area contributed by atoms with Crippen molar-refractivity contribution in [1.29, 1.82) is 0 Å². The van der Waals surface area contributed by atoms with Crippen LogP contribution in [0.1, 0.15) is 17.5 Å². The van der Waals surface area contributed by atoms with Gasteiger partial charge in [-0.15, -0.1) is 0 Å². The number of nitro benzene ring substituents is 1. The Morgan fingerprint density at radius 1 is 1.24 bits per heavy atom. The van der Waals surface area contributed by atoms with Gasteiger partial charge in [0.15, 0.2) is 0 Å². The molecule has 1 heterocycles. The van der Waals surface area contributed by atoms with E-state index >= 15 is 0 Å². The molecule has 1 aliphatic heterocycles. The number of anilines is 2. The molecule has 25 heavy (non-hydrogen) atoms. The number of hydrogen-bond acceptors (Lipinski definition) is 5. The number of carbonyl (C=O) groups is 1.